The third kappa shape index (κ3) is 4.59. The molecule has 2 amide bonds. The number of carbonyl (C=O) groups is 3. The van der Waals surface area contributed by atoms with Gasteiger partial charge in [-0.3, -0.25) is 14.9 Å². The van der Waals surface area contributed by atoms with E-state index in [1.807, 2.05) is 0 Å². The number of rotatable bonds is 7. The van der Waals surface area contributed by atoms with Crippen molar-refractivity contribution in [1.82, 2.24) is 10.3 Å². The Labute approximate surface area is 119 Å². The fourth-order valence-corrected chi connectivity index (χ4v) is 2.00. The van der Waals surface area contributed by atoms with E-state index < -0.39 is 17.9 Å². The highest BCUT2D eigenvalue weighted by atomic mass is 32.1. The molecule has 9 heteroatoms. The van der Waals surface area contributed by atoms with Crippen LogP contribution < -0.4 is 10.6 Å². The monoisotopic (exact) mass is 301 g/mol. The Morgan fingerprint density at radius 2 is 2.20 bits per heavy atom. The molecular formula is C11H15N3O5S. The Hall–Kier alpha value is -2.00. The number of carboxylic acids is 1. The topological polar surface area (TPSA) is 118 Å². The van der Waals surface area contributed by atoms with Crippen molar-refractivity contribution >= 4 is 34.3 Å². The lowest BCUT2D eigenvalue weighted by atomic mass is 10.2. The van der Waals surface area contributed by atoms with Gasteiger partial charge in [0.05, 0.1) is 0 Å². The third-order valence-corrected chi connectivity index (χ3v) is 3.03. The number of thiazole rings is 1. The van der Waals surface area contributed by atoms with Gasteiger partial charge >= 0.3 is 5.97 Å². The van der Waals surface area contributed by atoms with E-state index in [1.54, 1.807) is 6.92 Å². The third-order valence-electron chi connectivity index (χ3n) is 2.27. The number of anilines is 1. The number of aliphatic carboxylic acids is 1. The minimum atomic E-state index is -1.11. The summed E-state index contributed by atoms with van der Waals surface area (Å²) in [5, 5.41) is 15.3. The molecule has 1 unspecified atom stereocenters. The number of carboxylic acid groups (broad SMARTS) is 1. The molecule has 0 spiro atoms. The highest BCUT2D eigenvalue weighted by Crippen LogP contribution is 2.15. The zero-order valence-corrected chi connectivity index (χ0v) is 11.8. The van der Waals surface area contributed by atoms with Crippen LogP contribution in [0.2, 0.25) is 0 Å². The van der Waals surface area contributed by atoms with Gasteiger partial charge in [-0.1, -0.05) is 6.92 Å². The number of nitrogens with zero attached hydrogens (tertiary/aromatic N) is 1. The fraction of sp³-hybridized carbons (Fsp3) is 0.455. The van der Waals surface area contributed by atoms with Gasteiger partial charge in [-0.2, -0.15) is 0 Å². The second kappa shape index (κ2) is 7.56. The number of nitrogens with one attached hydrogen (secondary N) is 2. The quantitative estimate of drug-likeness (QED) is 0.667. The van der Waals surface area contributed by atoms with E-state index in [1.165, 1.54) is 12.5 Å². The summed E-state index contributed by atoms with van der Waals surface area (Å²) in [5.74, 6) is -2.08. The van der Waals surface area contributed by atoms with Crippen LogP contribution in [0, 0.1) is 0 Å². The predicted octanol–water partition coefficient (Wildman–Crippen LogP) is 0.321. The standard InChI is InChI=1S/C11H15N3O5S/c1-3-6(10(17)18)12-9(16)7-5-20-11(13-7)14-8(15)4-19-2/h5-6H,3-4H2,1-2H3,(H,12,16)(H,17,18)(H,13,14,15). The van der Waals surface area contributed by atoms with Gasteiger partial charge in [-0.15, -0.1) is 11.3 Å². The molecule has 0 radical (unpaired) electrons. The molecule has 0 fully saturated rings. The van der Waals surface area contributed by atoms with Crippen molar-refractivity contribution in [2.24, 2.45) is 0 Å². The molecule has 8 nitrogen and oxygen atoms in total. The molecular weight excluding hydrogens is 286 g/mol. The Balaban J connectivity index is 2.64. The van der Waals surface area contributed by atoms with Crippen molar-refractivity contribution in [2.75, 3.05) is 19.0 Å². The number of hydrogen-bond acceptors (Lipinski definition) is 6. The van der Waals surface area contributed by atoms with Crippen LogP contribution >= 0.6 is 11.3 Å². The summed E-state index contributed by atoms with van der Waals surface area (Å²) in [6, 6.07) is -0.962. The highest BCUT2D eigenvalue weighted by Gasteiger charge is 2.20. The number of carbonyl (C=O) groups excluding carboxylic acids is 2. The van der Waals surface area contributed by atoms with Crippen LogP contribution in [-0.2, 0) is 14.3 Å². The summed E-state index contributed by atoms with van der Waals surface area (Å²) in [6.07, 6.45) is 0.267. The minimum Gasteiger partial charge on any atom is -0.480 e. The maximum absolute atomic E-state index is 11.8. The molecule has 0 aromatic carbocycles. The first-order chi connectivity index (χ1) is 9.47. The Morgan fingerprint density at radius 1 is 1.50 bits per heavy atom. The first-order valence-electron chi connectivity index (χ1n) is 5.75. The van der Waals surface area contributed by atoms with Gasteiger partial charge in [0.1, 0.15) is 18.3 Å². The van der Waals surface area contributed by atoms with Gasteiger partial charge in [0, 0.05) is 12.5 Å². The summed E-state index contributed by atoms with van der Waals surface area (Å²) in [4.78, 5) is 37.8. The first-order valence-corrected chi connectivity index (χ1v) is 6.63. The Kier molecular flexibility index (Phi) is 6.07. The largest absolute Gasteiger partial charge is 0.480 e. The zero-order chi connectivity index (χ0) is 15.1. The molecule has 1 atom stereocenters. The molecule has 0 saturated carbocycles. The number of aromatic nitrogens is 1. The van der Waals surface area contributed by atoms with Crippen LogP contribution in [0.25, 0.3) is 0 Å². The van der Waals surface area contributed by atoms with Gasteiger partial charge in [0.25, 0.3) is 11.8 Å². The van der Waals surface area contributed by atoms with Crippen molar-refractivity contribution in [3.8, 4) is 0 Å². The van der Waals surface area contributed by atoms with Crippen LogP contribution in [-0.4, -0.2) is 47.6 Å². The fourth-order valence-electron chi connectivity index (χ4n) is 1.29. The average molecular weight is 301 g/mol. The molecule has 3 N–H and O–H groups in total. The van der Waals surface area contributed by atoms with E-state index in [0.717, 1.165) is 11.3 Å². The van der Waals surface area contributed by atoms with E-state index in [-0.39, 0.29) is 29.8 Å². The van der Waals surface area contributed by atoms with E-state index >= 15 is 0 Å². The summed E-state index contributed by atoms with van der Waals surface area (Å²) < 4.78 is 4.64. The lowest BCUT2D eigenvalue weighted by Crippen LogP contribution is -2.40. The normalized spacial score (nSPS) is 11.7. The Morgan fingerprint density at radius 3 is 2.75 bits per heavy atom. The molecule has 1 aromatic rings. The number of amides is 2. The van der Waals surface area contributed by atoms with Crippen LogP contribution in [0.1, 0.15) is 23.8 Å². The summed E-state index contributed by atoms with van der Waals surface area (Å²) in [6.45, 7) is 1.54. The molecule has 1 aromatic heterocycles. The molecule has 0 aliphatic carbocycles. The number of hydrogen-bond donors (Lipinski definition) is 3. The van der Waals surface area contributed by atoms with Gasteiger partial charge < -0.3 is 15.2 Å². The summed E-state index contributed by atoms with van der Waals surface area (Å²) >= 11 is 1.07. The van der Waals surface area contributed by atoms with Crippen molar-refractivity contribution in [3.63, 3.8) is 0 Å². The van der Waals surface area contributed by atoms with Crippen molar-refractivity contribution in [1.29, 1.82) is 0 Å². The lowest BCUT2D eigenvalue weighted by Gasteiger charge is -2.10. The summed E-state index contributed by atoms with van der Waals surface area (Å²) in [7, 11) is 1.39. The number of ether oxygens (including phenoxy) is 1. The van der Waals surface area contributed by atoms with Crippen molar-refractivity contribution in [3.05, 3.63) is 11.1 Å². The van der Waals surface area contributed by atoms with Crippen LogP contribution in [0.15, 0.2) is 5.38 Å². The second-order valence-corrected chi connectivity index (χ2v) is 4.65. The zero-order valence-electron chi connectivity index (χ0n) is 11.0. The molecule has 0 aliphatic heterocycles. The van der Waals surface area contributed by atoms with Crippen molar-refractivity contribution in [2.45, 2.75) is 19.4 Å². The molecule has 1 rings (SSSR count). The van der Waals surface area contributed by atoms with Crippen LogP contribution in [0.3, 0.4) is 0 Å². The molecule has 0 saturated heterocycles. The molecule has 110 valence electrons. The summed E-state index contributed by atoms with van der Waals surface area (Å²) in [5.41, 5.74) is 0.0578. The van der Waals surface area contributed by atoms with E-state index in [9.17, 15) is 14.4 Å². The minimum absolute atomic E-state index is 0.0578. The van der Waals surface area contributed by atoms with E-state index in [2.05, 4.69) is 20.4 Å². The van der Waals surface area contributed by atoms with Gasteiger partial charge in [-0.05, 0) is 6.42 Å². The second-order valence-electron chi connectivity index (χ2n) is 3.79. The van der Waals surface area contributed by atoms with E-state index in [4.69, 9.17) is 5.11 Å². The average Bonchev–Trinajstić information content (AvgIpc) is 2.84. The molecule has 1 heterocycles. The maximum Gasteiger partial charge on any atom is 0.326 e. The Bertz CT molecular complexity index is 502. The number of methoxy groups -OCH3 is 1. The highest BCUT2D eigenvalue weighted by molar-refractivity contribution is 7.14. The van der Waals surface area contributed by atoms with Gasteiger partial charge in [0.15, 0.2) is 5.13 Å². The molecule has 0 bridgehead atoms. The van der Waals surface area contributed by atoms with Gasteiger partial charge in [-0.25, -0.2) is 9.78 Å². The van der Waals surface area contributed by atoms with Crippen LogP contribution in [0.5, 0.6) is 0 Å². The smallest absolute Gasteiger partial charge is 0.326 e. The predicted molar refractivity (Wildman–Crippen MR) is 71.8 cm³/mol. The van der Waals surface area contributed by atoms with E-state index in [0.29, 0.717) is 0 Å². The molecule has 0 aliphatic rings. The van der Waals surface area contributed by atoms with Crippen molar-refractivity contribution < 1.29 is 24.2 Å². The maximum atomic E-state index is 11.8. The van der Waals surface area contributed by atoms with Crippen LogP contribution in [0.4, 0.5) is 5.13 Å². The molecule has 20 heavy (non-hydrogen) atoms. The SMILES string of the molecule is CCC(NC(=O)c1csc(NC(=O)COC)n1)C(=O)O. The first kappa shape index (κ1) is 16.1. The lowest BCUT2D eigenvalue weighted by molar-refractivity contribution is -0.139. The van der Waals surface area contributed by atoms with Gasteiger partial charge in [0.2, 0.25) is 0 Å².